The molecule has 0 aliphatic carbocycles. The largest absolute Gasteiger partial charge is 0.324 e. The Labute approximate surface area is 149 Å². The maximum Gasteiger partial charge on any atom is 0.274 e. The summed E-state index contributed by atoms with van der Waals surface area (Å²) >= 11 is 0. The van der Waals surface area contributed by atoms with E-state index in [4.69, 9.17) is 0 Å². The summed E-state index contributed by atoms with van der Waals surface area (Å²) in [5, 5.41) is 7.96. The Morgan fingerprint density at radius 1 is 1.27 bits per heavy atom. The van der Waals surface area contributed by atoms with Crippen molar-refractivity contribution >= 4 is 44.3 Å². The summed E-state index contributed by atoms with van der Waals surface area (Å²) in [6.07, 6.45) is 0.680. The zero-order valence-electron chi connectivity index (χ0n) is 13.8. The fourth-order valence-electron chi connectivity index (χ4n) is 3.18. The molecule has 1 saturated heterocycles. The van der Waals surface area contributed by atoms with Crippen LogP contribution in [0.25, 0.3) is 11.0 Å². The first-order chi connectivity index (χ1) is 12.4. The molecular formula is C16H17N5O4S. The summed E-state index contributed by atoms with van der Waals surface area (Å²) in [6.45, 7) is 0. The summed E-state index contributed by atoms with van der Waals surface area (Å²) in [7, 11) is -3.15. The third kappa shape index (κ3) is 3.19. The molecule has 0 spiro atoms. The SMILES string of the molecule is O=C(Nc1nc2ccccc2[nH]1)C1=NN(C2CCS(=O)(=O)C2)C(=O)CC1. The molecule has 1 aromatic carbocycles. The Morgan fingerprint density at radius 2 is 2.08 bits per heavy atom. The fourth-order valence-corrected chi connectivity index (χ4v) is 4.87. The maximum atomic E-state index is 12.5. The first-order valence-corrected chi connectivity index (χ1v) is 10.1. The molecule has 9 nitrogen and oxygen atoms in total. The second-order valence-electron chi connectivity index (χ2n) is 6.40. The highest BCUT2D eigenvalue weighted by atomic mass is 32.2. The van der Waals surface area contributed by atoms with Crippen LogP contribution < -0.4 is 5.32 Å². The minimum absolute atomic E-state index is 0.0392. The highest BCUT2D eigenvalue weighted by molar-refractivity contribution is 7.91. The molecule has 2 aliphatic rings. The molecule has 1 fully saturated rings. The molecule has 0 saturated carbocycles. The smallest absolute Gasteiger partial charge is 0.274 e. The number of sulfone groups is 1. The molecule has 26 heavy (non-hydrogen) atoms. The lowest BCUT2D eigenvalue weighted by Crippen LogP contribution is -2.42. The van der Waals surface area contributed by atoms with Crippen molar-refractivity contribution in [2.45, 2.75) is 25.3 Å². The van der Waals surface area contributed by atoms with E-state index in [2.05, 4.69) is 20.4 Å². The second kappa shape index (κ2) is 6.20. The van der Waals surface area contributed by atoms with Gasteiger partial charge in [0.25, 0.3) is 5.91 Å². The monoisotopic (exact) mass is 375 g/mol. The lowest BCUT2D eigenvalue weighted by atomic mass is 10.1. The summed E-state index contributed by atoms with van der Waals surface area (Å²) in [4.78, 5) is 31.9. The molecule has 4 rings (SSSR count). The van der Waals surface area contributed by atoms with Gasteiger partial charge in [-0.3, -0.25) is 14.9 Å². The van der Waals surface area contributed by atoms with Crippen molar-refractivity contribution in [3.8, 4) is 0 Å². The van der Waals surface area contributed by atoms with Crippen LogP contribution in [0.1, 0.15) is 19.3 Å². The van der Waals surface area contributed by atoms with Gasteiger partial charge in [-0.25, -0.2) is 18.4 Å². The summed E-state index contributed by atoms with van der Waals surface area (Å²) in [6, 6.07) is 6.87. The Kier molecular flexibility index (Phi) is 3.98. The van der Waals surface area contributed by atoms with Crippen molar-refractivity contribution in [3.05, 3.63) is 24.3 Å². The number of para-hydroxylation sites is 2. The Hall–Kier alpha value is -2.75. The van der Waals surface area contributed by atoms with Gasteiger partial charge in [-0.1, -0.05) is 12.1 Å². The van der Waals surface area contributed by atoms with Gasteiger partial charge in [-0.2, -0.15) is 5.10 Å². The highest BCUT2D eigenvalue weighted by Gasteiger charge is 2.37. The van der Waals surface area contributed by atoms with Crippen molar-refractivity contribution in [2.24, 2.45) is 5.10 Å². The number of aromatic amines is 1. The molecule has 2 N–H and O–H groups in total. The van der Waals surface area contributed by atoms with Gasteiger partial charge in [0.05, 0.1) is 28.6 Å². The van der Waals surface area contributed by atoms with E-state index in [0.29, 0.717) is 12.4 Å². The van der Waals surface area contributed by atoms with Crippen LogP contribution >= 0.6 is 0 Å². The molecule has 0 radical (unpaired) electrons. The van der Waals surface area contributed by atoms with Gasteiger partial charge in [-0.15, -0.1) is 0 Å². The van der Waals surface area contributed by atoms with Gasteiger partial charge in [0, 0.05) is 12.8 Å². The lowest BCUT2D eigenvalue weighted by molar-refractivity contribution is -0.133. The van der Waals surface area contributed by atoms with Gasteiger partial charge in [0.15, 0.2) is 9.84 Å². The van der Waals surface area contributed by atoms with E-state index in [1.54, 1.807) is 0 Å². The van der Waals surface area contributed by atoms with Gasteiger partial charge in [-0.05, 0) is 18.6 Å². The van der Waals surface area contributed by atoms with Crippen molar-refractivity contribution in [1.82, 2.24) is 15.0 Å². The van der Waals surface area contributed by atoms with E-state index in [0.717, 1.165) is 11.0 Å². The van der Waals surface area contributed by atoms with Crippen molar-refractivity contribution in [3.63, 3.8) is 0 Å². The molecule has 1 atom stereocenters. The fraction of sp³-hybridized carbons (Fsp3) is 0.375. The predicted molar refractivity (Wildman–Crippen MR) is 95.3 cm³/mol. The molecule has 0 bridgehead atoms. The summed E-state index contributed by atoms with van der Waals surface area (Å²) in [5.41, 5.74) is 1.71. The number of anilines is 1. The number of carbonyl (C=O) groups excluding carboxylic acids is 2. The van der Waals surface area contributed by atoms with E-state index in [1.165, 1.54) is 5.01 Å². The van der Waals surface area contributed by atoms with E-state index in [1.807, 2.05) is 24.3 Å². The number of imidazole rings is 1. The number of fused-ring (bicyclic) bond motifs is 1. The standard InChI is InChI=1S/C16H17N5O4S/c22-14-6-5-13(20-21(14)10-7-8-26(24,25)9-10)15(23)19-16-17-11-3-1-2-4-12(11)18-16/h1-4,10H,5-9H2,(H2,17,18,19,23). The average molecular weight is 375 g/mol. The number of rotatable bonds is 3. The van der Waals surface area contributed by atoms with Crippen LogP contribution in [0.4, 0.5) is 5.95 Å². The third-order valence-corrected chi connectivity index (χ3v) is 6.25. The van der Waals surface area contributed by atoms with E-state index in [-0.39, 0.29) is 36.0 Å². The lowest BCUT2D eigenvalue weighted by Gasteiger charge is -2.27. The van der Waals surface area contributed by atoms with E-state index >= 15 is 0 Å². The Morgan fingerprint density at radius 3 is 2.81 bits per heavy atom. The third-order valence-electron chi connectivity index (χ3n) is 4.50. The molecule has 10 heteroatoms. The van der Waals surface area contributed by atoms with Gasteiger partial charge >= 0.3 is 0 Å². The summed E-state index contributed by atoms with van der Waals surface area (Å²) in [5.74, 6) is -0.487. The zero-order valence-corrected chi connectivity index (χ0v) is 14.6. The van der Waals surface area contributed by atoms with Gasteiger partial charge < -0.3 is 4.98 Å². The number of carbonyl (C=O) groups is 2. The first kappa shape index (κ1) is 16.7. The molecule has 3 heterocycles. The van der Waals surface area contributed by atoms with Crippen LogP contribution in [0.15, 0.2) is 29.4 Å². The number of benzene rings is 1. The molecule has 136 valence electrons. The molecule has 2 aromatic rings. The van der Waals surface area contributed by atoms with Crippen LogP contribution in [0.3, 0.4) is 0 Å². The number of nitrogens with one attached hydrogen (secondary N) is 2. The highest BCUT2D eigenvalue weighted by Crippen LogP contribution is 2.22. The van der Waals surface area contributed by atoms with Crippen molar-refractivity contribution in [2.75, 3.05) is 16.8 Å². The van der Waals surface area contributed by atoms with Crippen LogP contribution in [-0.2, 0) is 19.4 Å². The van der Waals surface area contributed by atoms with E-state index < -0.39 is 21.8 Å². The predicted octanol–water partition coefficient (Wildman–Crippen LogP) is 0.667. The number of hydrogen-bond donors (Lipinski definition) is 2. The molecular weight excluding hydrogens is 358 g/mol. The molecule has 1 aromatic heterocycles. The van der Waals surface area contributed by atoms with Crippen LogP contribution in [0, 0.1) is 0 Å². The Balaban J connectivity index is 1.53. The topological polar surface area (TPSA) is 125 Å². The first-order valence-electron chi connectivity index (χ1n) is 8.27. The van der Waals surface area contributed by atoms with Crippen LogP contribution in [-0.4, -0.2) is 58.5 Å². The minimum Gasteiger partial charge on any atom is -0.324 e. The normalized spacial score (nSPS) is 22.5. The van der Waals surface area contributed by atoms with Crippen molar-refractivity contribution in [1.29, 1.82) is 0 Å². The molecule has 1 unspecified atom stereocenters. The number of hydrogen-bond acceptors (Lipinski definition) is 6. The average Bonchev–Trinajstić information content (AvgIpc) is 3.17. The molecule has 2 amide bonds. The minimum atomic E-state index is -3.15. The maximum absolute atomic E-state index is 12.5. The van der Waals surface area contributed by atoms with Gasteiger partial charge in [0.1, 0.15) is 5.71 Å². The molecule has 2 aliphatic heterocycles. The van der Waals surface area contributed by atoms with Crippen LogP contribution in [0.2, 0.25) is 0 Å². The number of hydrazone groups is 1. The van der Waals surface area contributed by atoms with Gasteiger partial charge in [0.2, 0.25) is 11.9 Å². The van der Waals surface area contributed by atoms with Crippen LogP contribution in [0.5, 0.6) is 0 Å². The van der Waals surface area contributed by atoms with E-state index in [9.17, 15) is 18.0 Å². The summed E-state index contributed by atoms with van der Waals surface area (Å²) < 4.78 is 23.3. The zero-order chi connectivity index (χ0) is 18.3. The number of amides is 2. The van der Waals surface area contributed by atoms with Crippen molar-refractivity contribution < 1.29 is 18.0 Å². The second-order valence-corrected chi connectivity index (χ2v) is 8.63. The number of H-pyrrole nitrogens is 1. The quantitative estimate of drug-likeness (QED) is 0.816. The number of nitrogens with zero attached hydrogens (tertiary/aromatic N) is 3. The number of aromatic nitrogens is 2. The Bertz CT molecular complexity index is 993.